The number of rotatable bonds is 2. The molecular formula is C18H24N4O3. The number of aromatic nitrogens is 2. The first-order chi connectivity index (χ1) is 11.9. The molecule has 25 heavy (non-hydrogen) atoms. The van der Waals surface area contributed by atoms with Crippen LogP contribution in [0.15, 0.2) is 6.20 Å². The Kier molecular flexibility index (Phi) is 3.98. The zero-order valence-electron chi connectivity index (χ0n) is 14.7. The molecule has 0 aromatic carbocycles. The molecule has 0 spiro atoms. The largest absolute Gasteiger partial charge is 0.459 e. The summed E-state index contributed by atoms with van der Waals surface area (Å²) >= 11 is 0. The number of nitrogens with zero attached hydrogens (tertiary/aromatic N) is 3. The molecule has 1 N–H and O–H groups in total. The number of amides is 1. The lowest BCUT2D eigenvalue weighted by molar-refractivity contribution is -0.149. The second kappa shape index (κ2) is 6.05. The average molecular weight is 344 g/mol. The summed E-state index contributed by atoms with van der Waals surface area (Å²) in [4.78, 5) is 35.6. The lowest BCUT2D eigenvalue weighted by atomic mass is 9.89. The minimum absolute atomic E-state index is 0.0111. The van der Waals surface area contributed by atoms with Gasteiger partial charge in [-0.3, -0.25) is 9.59 Å². The van der Waals surface area contributed by atoms with Gasteiger partial charge >= 0.3 is 5.97 Å². The van der Waals surface area contributed by atoms with Crippen molar-refractivity contribution in [3.8, 4) is 0 Å². The summed E-state index contributed by atoms with van der Waals surface area (Å²) in [5, 5.41) is 3.42. The van der Waals surface area contributed by atoms with Crippen LogP contribution < -0.4 is 5.32 Å². The molecule has 4 heterocycles. The highest BCUT2D eigenvalue weighted by molar-refractivity contribution is 5.87. The SMILES string of the molecule is CC1(C)OC(=O)C[C@H]1C(=O)N1CCc2nc([C@H]3CCCN3)ncc2C1. The van der Waals surface area contributed by atoms with E-state index in [1.807, 2.05) is 24.9 Å². The highest BCUT2D eigenvalue weighted by atomic mass is 16.6. The van der Waals surface area contributed by atoms with Crippen molar-refractivity contribution in [1.82, 2.24) is 20.2 Å². The standard InChI is InChI=1S/C18H24N4O3/c1-18(2)12(8-15(23)25-18)17(24)22-7-5-13-11(10-22)9-20-16(21-13)14-4-3-6-19-14/h9,12,14,19H,3-8,10H2,1-2H3/t12-,14+/m0/s1. The number of ether oxygens (including phenoxy) is 1. The summed E-state index contributed by atoms with van der Waals surface area (Å²) in [5.74, 6) is 0.150. The third-order valence-electron chi connectivity index (χ3n) is 5.52. The van der Waals surface area contributed by atoms with Gasteiger partial charge < -0.3 is 15.0 Å². The van der Waals surface area contributed by atoms with Gasteiger partial charge in [0.2, 0.25) is 5.91 Å². The molecule has 1 amide bonds. The number of hydrogen-bond donors (Lipinski definition) is 1. The molecule has 4 rings (SSSR count). The molecule has 7 heteroatoms. The molecule has 3 aliphatic heterocycles. The third-order valence-corrected chi connectivity index (χ3v) is 5.52. The summed E-state index contributed by atoms with van der Waals surface area (Å²) in [6, 6.07) is 0.257. The normalized spacial score (nSPS) is 27.9. The van der Waals surface area contributed by atoms with Gasteiger partial charge in [-0.1, -0.05) is 0 Å². The van der Waals surface area contributed by atoms with E-state index in [1.165, 1.54) is 0 Å². The maximum atomic E-state index is 12.9. The van der Waals surface area contributed by atoms with E-state index in [2.05, 4.69) is 10.3 Å². The summed E-state index contributed by atoms with van der Waals surface area (Å²) in [6.07, 6.45) is 4.99. The van der Waals surface area contributed by atoms with Crippen molar-refractivity contribution in [3.05, 3.63) is 23.3 Å². The first-order valence-electron chi connectivity index (χ1n) is 9.03. The summed E-state index contributed by atoms with van der Waals surface area (Å²) in [6.45, 7) is 5.77. The monoisotopic (exact) mass is 344 g/mol. The fraction of sp³-hybridized carbons (Fsp3) is 0.667. The van der Waals surface area contributed by atoms with Crippen LogP contribution in [0, 0.1) is 5.92 Å². The van der Waals surface area contributed by atoms with Crippen LogP contribution in [0.3, 0.4) is 0 Å². The van der Waals surface area contributed by atoms with E-state index in [1.54, 1.807) is 0 Å². The first-order valence-corrected chi connectivity index (χ1v) is 9.03. The lowest BCUT2D eigenvalue weighted by Crippen LogP contribution is -2.45. The molecule has 0 unspecified atom stereocenters. The van der Waals surface area contributed by atoms with Crippen LogP contribution in [0.4, 0.5) is 0 Å². The molecule has 3 aliphatic rings. The summed E-state index contributed by atoms with van der Waals surface area (Å²) in [7, 11) is 0. The first kappa shape index (κ1) is 16.4. The lowest BCUT2D eigenvalue weighted by Gasteiger charge is -2.33. The summed E-state index contributed by atoms with van der Waals surface area (Å²) in [5.41, 5.74) is 1.31. The number of hydrogen-bond acceptors (Lipinski definition) is 6. The molecule has 1 aromatic rings. The van der Waals surface area contributed by atoms with Crippen LogP contribution in [0.25, 0.3) is 0 Å². The Labute approximate surface area is 147 Å². The molecule has 134 valence electrons. The van der Waals surface area contributed by atoms with Gasteiger partial charge in [-0.15, -0.1) is 0 Å². The Balaban J connectivity index is 1.49. The number of cyclic esters (lactones) is 1. The van der Waals surface area contributed by atoms with Gasteiger partial charge in [-0.05, 0) is 33.2 Å². The second-order valence-electron chi connectivity index (χ2n) is 7.69. The van der Waals surface area contributed by atoms with Crippen molar-refractivity contribution < 1.29 is 14.3 Å². The van der Waals surface area contributed by atoms with Gasteiger partial charge in [0.1, 0.15) is 11.4 Å². The maximum Gasteiger partial charge on any atom is 0.307 e. The van der Waals surface area contributed by atoms with Gasteiger partial charge in [-0.25, -0.2) is 9.97 Å². The summed E-state index contributed by atoms with van der Waals surface area (Å²) < 4.78 is 5.30. The van der Waals surface area contributed by atoms with Gasteiger partial charge in [0.15, 0.2) is 0 Å². The number of carbonyl (C=O) groups excluding carboxylic acids is 2. The van der Waals surface area contributed by atoms with Crippen LogP contribution in [0.5, 0.6) is 0 Å². The van der Waals surface area contributed by atoms with Crippen LogP contribution in [-0.2, 0) is 27.3 Å². The van der Waals surface area contributed by atoms with Crippen LogP contribution in [0.2, 0.25) is 0 Å². The van der Waals surface area contributed by atoms with Crippen LogP contribution in [-0.4, -0.2) is 45.4 Å². The van der Waals surface area contributed by atoms with Crippen molar-refractivity contribution in [2.75, 3.05) is 13.1 Å². The van der Waals surface area contributed by atoms with E-state index in [9.17, 15) is 9.59 Å². The highest BCUT2D eigenvalue weighted by Gasteiger charge is 2.47. The number of fused-ring (bicyclic) bond motifs is 1. The van der Waals surface area contributed by atoms with Crippen molar-refractivity contribution in [1.29, 1.82) is 0 Å². The molecule has 7 nitrogen and oxygen atoms in total. The smallest absolute Gasteiger partial charge is 0.307 e. The third kappa shape index (κ3) is 3.01. The number of nitrogens with one attached hydrogen (secondary N) is 1. The molecule has 0 bridgehead atoms. The van der Waals surface area contributed by atoms with Crippen molar-refractivity contribution in [3.63, 3.8) is 0 Å². The minimum atomic E-state index is -0.733. The van der Waals surface area contributed by atoms with E-state index in [0.717, 1.165) is 42.9 Å². The van der Waals surface area contributed by atoms with E-state index >= 15 is 0 Å². The zero-order chi connectivity index (χ0) is 17.6. The van der Waals surface area contributed by atoms with Gasteiger partial charge in [0.05, 0.1) is 24.1 Å². The van der Waals surface area contributed by atoms with E-state index < -0.39 is 11.5 Å². The molecule has 2 atom stereocenters. The Bertz CT molecular complexity index is 712. The second-order valence-corrected chi connectivity index (χ2v) is 7.69. The van der Waals surface area contributed by atoms with E-state index in [-0.39, 0.29) is 24.3 Å². The molecular weight excluding hydrogens is 320 g/mol. The minimum Gasteiger partial charge on any atom is -0.459 e. The van der Waals surface area contributed by atoms with Gasteiger partial charge in [0.25, 0.3) is 0 Å². The van der Waals surface area contributed by atoms with E-state index in [4.69, 9.17) is 9.72 Å². The predicted molar refractivity (Wildman–Crippen MR) is 89.4 cm³/mol. The van der Waals surface area contributed by atoms with Crippen molar-refractivity contribution in [2.24, 2.45) is 5.92 Å². The van der Waals surface area contributed by atoms with Crippen molar-refractivity contribution in [2.45, 2.75) is 57.7 Å². The van der Waals surface area contributed by atoms with Gasteiger partial charge in [-0.2, -0.15) is 0 Å². The Morgan fingerprint density at radius 1 is 1.44 bits per heavy atom. The fourth-order valence-electron chi connectivity index (χ4n) is 4.02. The molecule has 2 saturated heterocycles. The van der Waals surface area contributed by atoms with Crippen LogP contribution in [0.1, 0.15) is 56.2 Å². The van der Waals surface area contributed by atoms with Crippen LogP contribution >= 0.6 is 0 Å². The topological polar surface area (TPSA) is 84.4 Å². The molecule has 0 radical (unpaired) electrons. The Hall–Kier alpha value is -2.02. The Morgan fingerprint density at radius 3 is 2.96 bits per heavy atom. The zero-order valence-corrected chi connectivity index (χ0v) is 14.7. The quantitative estimate of drug-likeness (QED) is 0.810. The molecule has 0 aliphatic carbocycles. The molecule has 1 aromatic heterocycles. The maximum absolute atomic E-state index is 12.9. The molecule has 0 saturated carbocycles. The average Bonchev–Trinajstić information content (AvgIpc) is 3.20. The highest BCUT2D eigenvalue weighted by Crippen LogP contribution is 2.35. The van der Waals surface area contributed by atoms with Crippen molar-refractivity contribution >= 4 is 11.9 Å². The van der Waals surface area contributed by atoms with E-state index in [0.29, 0.717) is 13.1 Å². The fourth-order valence-corrected chi connectivity index (χ4v) is 4.02. The van der Waals surface area contributed by atoms with Gasteiger partial charge in [0, 0.05) is 31.3 Å². The molecule has 2 fully saturated rings. The predicted octanol–water partition coefficient (Wildman–Crippen LogP) is 1.13. The number of carbonyl (C=O) groups is 2. The number of esters is 1. The Morgan fingerprint density at radius 2 is 2.28 bits per heavy atom.